The average molecular weight is 489 g/mol. The molecule has 0 aromatic heterocycles. The lowest BCUT2D eigenvalue weighted by molar-refractivity contribution is -0.117. The average Bonchev–Trinajstić information content (AvgIpc) is 3.35. The Morgan fingerprint density at radius 1 is 1.09 bits per heavy atom. The lowest BCUT2D eigenvalue weighted by Gasteiger charge is -2.26. The van der Waals surface area contributed by atoms with Crippen molar-refractivity contribution in [1.82, 2.24) is 4.72 Å². The Labute approximate surface area is 206 Å². The molecule has 8 heteroatoms. The summed E-state index contributed by atoms with van der Waals surface area (Å²) in [6.45, 7) is 3.06. The van der Waals surface area contributed by atoms with Crippen molar-refractivity contribution in [3.05, 3.63) is 83.4 Å². The number of fused-ring (bicyclic) bond motifs is 1. The van der Waals surface area contributed by atoms with Crippen LogP contribution in [-0.4, -0.2) is 27.4 Å². The van der Waals surface area contributed by atoms with Crippen molar-refractivity contribution in [2.75, 3.05) is 23.3 Å². The van der Waals surface area contributed by atoms with Gasteiger partial charge in [-0.05, 0) is 60.4 Å². The minimum absolute atomic E-state index is 0.0275. The van der Waals surface area contributed by atoms with Crippen molar-refractivity contribution in [2.24, 2.45) is 0 Å². The van der Waals surface area contributed by atoms with Gasteiger partial charge in [-0.3, -0.25) is 9.69 Å². The van der Waals surface area contributed by atoms with Gasteiger partial charge >= 0.3 is 0 Å². The van der Waals surface area contributed by atoms with Crippen LogP contribution in [0.15, 0.2) is 71.6 Å². The van der Waals surface area contributed by atoms with Crippen LogP contribution in [0.5, 0.6) is 0 Å². The number of rotatable bonds is 9. The molecule has 2 N–H and O–H groups in total. The molecular weight excluding hydrogens is 460 g/mol. The van der Waals surface area contributed by atoms with E-state index in [1.54, 1.807) is 48.5 Å². The van der Waals surface area contributed by atoms with Crippen LogP contribution < -0.4 is 14.9 Å². The number of hydrogen-bond acceptors (Lipinski definition) is 5. The van der Waals surface area contributed by atoms with E-state index in [9.17, 15) is 18.5 Å². The molecule has 1 aliphatic rings. The fourth-order valence-corrected chi connectivity index (χ4v) is 5.59. The molecule has 4 rings (SSSR count). The quantitative estimate of drug-likeness (QED) is 0.432. The van der Waals surface area contributed by atoms with E-state index in [0.29, 0.717) is 29.8 Å². The Kier molecular flexibility index (Phi) is 7.49. The first-order valence-corrected chi connectivity index (χ1v) is 13.2. The molecular formula is C27H28N4O3S. The van der Waals surface area contributed by atoms with E-state index in [1.807, 2.05) is 19.1 Å². The number of para-hydroxylation sites is 2. The summed E-state index contributed by atoms with van der Waals surface area (Å²) in [5.74, 6) is -0.316. The molecule has 1 amide bonds. The van der Waals surface area contributed by atoms with Crippen molar-refractivity contribution in [3.63, 3.8) is 0 Å². The molecule has 0 atom stereocenters. The van der Waals surface area contributed by atoms with E-state index in [4.69, 9.17) is 0 Å². The summed E-state index contributed by atoms with van der Waals surface area (Å²) < 4.78 is 29.0. The summed E-state index contributed by atoms with van der Waals surface area (Å²) in [5, 5.41) is 13.0. The second-order valence-corrected chi connectivity index (χ2v) is 10.1. The maximum Gasteiger partial charge on any atom is 0.242 e. The van der Waals surface area contributed by atoms with E-state index in [1.165, 1.54) is 11.0 Å². The Morgan fingerprint density at radius 3 is 2.57 bits per heavy atom. The number of hydrogen-bond donors (Lipinski definition) is 2. The Hall–Kier alpha value is -3.67. The van der Waals surface area contributed by atoms with Gasteiger partial charge in [0.15, 0.2) is 0 Å². The number of unbranched alkanes of at least 4 members (excludes halogenated alkanes) is 1. The van der Waals surface area contributed by atoms with Gasteiger partial charge in [0.05, 0.1) is 23.7 Å². The lowest BCUT2D eigenvalue weighted by Crippen LogP contribution is -2.32. The Bertz CT molecular complexity index is 1360. The molecule has 180 valence electrons. The highest BCUT2D eigenvalue weighted by Gasteiger charge is 2.28. The first kappa shape index (κ1) is 24.5. The molecule has 0 spiro atoms. The van der Waals surface area contributed by atoms with E-state index < -0.39 is 10.0 Å². The first-order chi connectivity index (χ1) is 17.0. The SMILES string of the molecule is CCCCNS(=O)(=O)c1ccccc1N(C(=O)Cc1c(C#N)ccc2c1CCN2)c1ccccc1. The fraction of sp³-hybridized carbons (Fsp3) is 0.259. The molecule has 0 radical (unpaired) electrons. The minimum Gasteiger partial charge on any atom is -0.384 e. The van der Waals surface area contributed by atoms with Crippen LogP contribution >= 0.6 is 0 Å². The van der Waals surface area contributed by atoms with Gasteiger partial charge in [0, 0.05) is 24.5 Å². The van der Waals surface area contributed by atoms with Crippen LogP contribution in [0.1, 0.15) is 36.5 Å². The molecule has 3 aromatic rings. The Balaban J connectivity index is 1.79. The third-order valence-electron chi connectivity index (χ3n) is 6.05. The van der Waals surface area contributed by atoms with Crippen molar-refractivity contribution in [2.45, 2.75) is 37.5 Å². The monoisotopic (exact) mass is 488 g/mol. The largest absolute Gasteiger partial charge is 0.384 e. The van der Waals surface area contributed by atoms with Gasteiger partial charge in [0.25, 0.3) is 0 Å². The highest BCUT2D eigenvalue weighted by atomic mass is 32.2. The smallest absolute Gasteiger partial charge is 0.242 e. The molecule has 1 aliphatic heterocycles. The van der Waals surface area contributed by atoms with Gasteiger partial charge < -0.3 is 5.32 Å². The molecule has 35 heavy (non-hydrogen) atoms. The van der Waals surface area contributed by atoms with Gasteiger partial charge in [-0.25, -0.2) is 13.1 Å². The van der Waals surface area contributed by atoms with Crippen LogP contribution in [0.25, 0.3) is 0 Å². The van der Waals surface area contributed by atoms with E-state index >= 15 is 0 Å². The third-order valence-corrected chi connectivity index (χ3v) is 7.56. The summed E-state index contributed by atoms with van der Waals surface area (Å²) in [7, 11) is -3.85. The molecule has 7 nitrogen and oxygen atoms in total. The number of carbonyl (C=O) groups excluding carboxylic acids is 1. The van der Waals surface area contributed by atoms with Crippen molar-refractivity contribution >= 4 is 33.0 Å². The van der Waals surface area contributed by atoms with Crippen LogP contribution in [0.2, 0.25) is 0 Å². The number of nitriles is 1. The maximum atomic E-state index is 13.9. The summed E-state index contributed by atoms with van der Waals surface area (Å²) in [6, 6.07) is 21.3. The number of nitrogens with zero attached hydrogens (tertiary/aromatic N) is 2. The molecule has 0 saturated carbocycles. The van der Waals surface area contributed by atoms with Gasteiger partial charge in [-0.1, -0.05) is 43.7 Å². The van der Waals surface area contributed by atoms with Crippen molar-refractivity contribution in [1.29, 1.82) is 5.26 Å². The molecule has 0 saturated heterocycles. The van der Waals surface area contributed by atoms with Crippen molar-refractivity contribution in [3.8, 4) is 6.07 Å². The molecule has 1 heterocycles. The Morgan fingerprint density at radius 2 is 1.83 bits per heavy atom. The summed E-state index contributed by atoms with van der Waals surface area (Å²) >= 11 is 0. The lowest BCUT2D eigenvalue weighted by atomic mass is 9.96. The molecule has 0 unspecified atom stereocenters. The van der Waals surface area contributed by atoms with Crippen LogP contribution in [0, 0.1) is 11.3 Å². The van der Waals surface area contributed by atoms with Crippen LogP contribution in [0.3, 0.4) is 0 Å². The van der Waals surface area contributed by atoms with E-state index in [0.717, 1.165) is 30.6 Å². The predicted octanol–water partition coefficient (Wildman–Crippen LogP) is 4.51. The number of nitrogens with one attached hydrogen (secondary N) is 2. The summed E-state index contributed by atoms with van der Waals surface area (Å²) in [5.41, 5.74) is 3.86. The van der Waals surface area contributed by atoms with Crippen LogP contribution in [0.4, 0.5) is 17.1 Å². The second-order valence-electron chi connectivity index (χ2n) is 8.37. The van der Waals surface area contributed by atoms with Gasteiger partial charge in [-0.2, -0.15) is 5.26 Å². The maximum absolute atomic E-state index is 13.9. The normalized spacial score (nSPS) is 12.5. The highest BCUT2D eigenvalue weighted by molar-refractivity contribution is 7.89. The van der Waals surface area contributed by atoms with E-state index in [-0.39, 0.29) is 22.9 Å². The number of amides is 1. The topological polar surface area (TPSA) is 102 Å². The standard InChI is InChI=1S/C27H28N4O3S/c1-2-3-16-30-35(33,34)26-12-8-7-11-25(26)31(21-9-5-4-6-10-21)27(32)18-23-20(19-28)13-14-24-22(23)15-17-29-24/h4-14,29-30H,2-3,15-18H2,1H3. The molecule has 0 aliphatic carbocycles. The fourth-order valence-electron chi connectivity index (χ4n) is 4.33. The highest BCUT2D eigenvalue weighted by Crippen LogP contribution is 2.34. The zero-order chi connectivity index (χ0) is 24.8. The third kappa shape index (κ3) is 5.21. The molecule has 3 aromatic carbocycles. The predicted molar refractivity (Wildman–Crippen MR) is 137 cm³/mol. The number of anilines is 3. The summed E-state index contributed by atoms with van der Waals surface area (Å²) in [6.07, 6.45) is 2.27. The minimum atomic E-state index is -3.85. The van der Waals surface area contributed by atoms with Crippen molar-refractivity contribution < 1.29 is 13.2 Å². The number of sulfonamides is 1. The number of carbonyl (C=O) groups is 1. The zero-order valence-corrected chi connectivity index (χ0v) is 20.4. The second kappa shape index (κ2) is 10.7. The first-order valence-electron chi connectivity index (χ1n) is 11.7. The molecule has 0 bridgehead atoms. The molecule has 0 fully saturated rings. The van der Waals surface area contributed by atoms with Crippen LogP contribution in [-0.2, 0) is 27.7 Å². The van der Waals surface area contributed by atoms with Gasteiger partial charge in [0.2, 0.25) is 15.9 Å². The van der Waals surface area contributed by atoms with E-state index in [2.05, 4.69) is 16.1 Å². The summed E-state index contributed by atoms with van der Waals surface area (Å²) in [4.78, 5) is 15.4. The van der Waals surface area contributed by atoms with Gasteiger partial charge in [0.1, 0.15) is 4.90 Å². The number of benzene rings is 3. The van der Waals surface area contributed by atoms with Gasteiger partial charge in [-0.15, -0.1) is 0 Å². The zero-order valence-electron chi connectivity index (χ0n) is 19.6.